The van der Waals surface area contributed by atoms with E-state index in [2.05, 4.69) is 12.2 Å². The zero-order chi connectivity index (χ0) is 23.5. The van der Waals surface area contributed by atoms with E-state index in [1.807, 2.05) is 47.4 Å². The van der Waals surface area contributed by atoms with Crippen LogP contribution in [0, 0.1) is 0 Å². The fourth-order valence-corrected chi connectivity index (χ4v) is 4.85. The van der Waals surface area contributed by atoms with Crippen molar-refractivity contribution in [2.75, 3.05) is 19.0 Å². The number of rotatable bonds is 7. The lowest BCUT2D eigenvalue weighted by molar-refractivity contribution is 0.0683. The number of hydrogen-bond acceptors (Lipinski definition) is 4. The van der Waals surface area contributed by atoms with Crippen LogP contribution >= 0.6 is 34.8 Å². The standard InChI is InChI=1S/C25H23Cl3N2O3/c1-3-10-30-24(29-21-7-5-4-6-18(21)25(30)31)15-8-9-22(32-2)16(11-15)14-33-23-19(27)12-17(26)13-20(23)28/h4-9,11-13,24,29H,3,10,14H2,1-2H3. The lowest BCUT2D eigenvalue weighted by Gasteiger charge is -2.38. The molecule has 1 amide bonds. The predicted molar refractivity (Wildman–Crippen MR) is 133 cm³/mol. The Labute approximate surface area is 208 Å². The Morgan fingerprint density at radius 2 is 1.76 bits per heavy atom. The largest absolute Gasteiger partial charge is 0.496 e. The van der Waals surface area contributed by atoms with Crippen LogP contribution < -0.4 is 14.8 Å². The number of halogens is 3. The highest BCUT2D eigenvalue weighted by Crippen LogP contribution is 2.38. The molecule has 0 bridgehead atoms. The molecule has 1 atom stereocenters. The Morgan fingerprint density at radius 1 is 1.03 bits per heavy atom. The molecule has 0 saturated carbocycles. The molecule has 1 aliphatic rings. The smallest absolute Gasteiger partial charge is 0.257 e. The number of fused-ring (bicyclic) bond motifs is 1. The summed E-state index contributed by atoms with van der Waals surface area (Å²) in [5.74, 6) is 1.01. The van der Waals surface area contributed by atoms with Gasteiger partial charge < -0.3 is 19.7 Å². The molecule has 1 unspecified atom stereocenters. The van der Waals surface area contributed by atoms with Crippen molar-refractivity contribution in [3.05, 3.63) is 86.4 Å². The van der Waals surface area contributed by atoms with E-state index in [9.17, 15) is 4.79 Å². The van der Waals surface area contributed by atoms with E-state index in [4.69, 9.17) is 44.3 Å². The average Bonchev–Trinajstić information content (AvgIpc) is 2.80. The molecular weight excluding hydrogens is 483 g/mol. The van der Waals surface area contributed by atoms with E-state index in [-0.39, 0.29) is 18.7 Å². The Hall–Kier alpha value is -2.60. The summed E-state index contributed by atoms with van der Waals surface area (Å²) in [5.41, 5.74) is 3.19. The van der Waals surface area contributed by atoms with Crippen molar-refractivity contribution in [2.24, 2.45) is 0 Å². The van der Waals surface area contributed by atoms with Crippen molar-refractivity contribution in [1.29, 1.82) is 0 Å². The molecule has 172 valence electrons. The molecule has 1 N–H and O–H groups in total. The molecule has 0 spiro atoms. The maximum Gasteiger partial charge on any atom is 0.257 e. The molecule has 0 radical (unpaired) electrons. The van der Waals surface area contributed by atoms with Crippen molar-refractivity contribution in [1.82, 2.24) is 4.90 Å². The highest BCUT2D eigenvalue weighted by Gasteiger charge is 2.32. The zero-order valence-electron chi connectivity index (χ0n) is 18.2. The van der Waals surface area contributed by atoms with Crippen LogP contribution in [0.15, 0.2) is 54.6 Å². The third-order valence-corrected chi connectivity index (χ3v) is 6.22. The summed E-state index contributed by atoms with van der Waals surface area (Å²) < 4.78 is 11.5. The lowest BCUT2D eigenvalue weighted by Crippen LogP contribution is -2.43. The van der Waals surface area contributed by atoms with Crippen molar-refractivity contribution in [3.8, 4) is 11.5 Å². The fourth-order valence-electron chi connectivity index (χ4n) is 3.93. The van der Waals surface area contributed by atoms with Gasteiger partial charge in [-0.15, -0.1) is 0 Å². The molecule has 0 aromatic heterocycles. The molecule has 0 fully saturated rings. The predicted octanol–water partition coefficient (Wildman–Crippen LogP) is 7.21. The third-order valence-electron chi connectivity index (χ3n) is 5.44. The number of carbonyl (C=O) groups excluding carboxylic acids is 1. The van der Waals surface area contributed by atoms with Gasteiger partial charge in [0.05, 0.1) is 22.7 Å². The molecular formula is C25H23Cl3N2O3. The van der Waals surface area contributed by atoms with Gasteiger partial charge in [0, 0.05) is 22.8 Å². The maximum absolute atomic E-state index is 13.2. The van der Waals surface area contributed by atoms with E-state index >= 15 is 0 Å². The second kappa shape index (κ2) is 10.1. The van der Waals surface area contributed by atoms with Crippen molar-refractivity contribution < 1.29 is 14.3 Å². The highest BCUT2D eigenvalue weighted by molar-refractivity contribution is 6.40. The first-order valence-corrected chi connectivity index (χ1v) is 11.7. The number of nitrogens with one attached hydrogen (secondary N) is 1. The fraction of sp³-hybridized carbons (Fsp3) is 0.240. The highest BCUT2D eigenvalue weighted by atomic mass is 35.5. The topological polar surface area (TPSA) is 50.8 Å². The first kappa shape index (κ1) is 23.6. The minimum absolute atomic E-state index is 0.00421. The molecule has 4 rings (SSSR count). The average molecular weight is 506 g/mol. The van der Waals surface area contributed by atoms with Crippen LogP contribution in [0.25, 0.3) is 0 Å². The van der Waals surface area contributed by atoms with Gasteiger partial charge in [-0.3, -0.25) is 4.79 Å². The van der Waals surface area contributed by atoms with E-state index in [0.29, 0.717) is 38.7 Å². The van der Waals surface area contributed by atoms with Gasteiger partial charge in [0.15, 0.2) is 5.75 Å². The molecule has 0 saturated heterocycles. The molecule has 3 aromatic carbocycles. The summed E-state index contributed by atoms with van der Waals surface area (Å²) >= 11 is 18.5. The Bertz CT molecular complexity index is 1160. The van der Waals surface area contributed by atoms with Crippen LogP contribution in [-0.4, -0.2) is 24.5 Å². The summed E-state index contributed by atoms with van der Waals surface area (Å²) in [6.45, 7) is 2.85. The van der Waals surface area contributed by atoms with Crippen LogP contribution in [0.1, 0.15) is 41.0 Å². The number of carbonyl (C=O) groups is 1. The molecule has 8 heteroatoms. The van der Waals surface area contributed by atoms with Gasteiger partial charge in [-0.1, -0.05) is 59.9 Å². The summed E-state index contributed by atoms with van der Waals surface area (Å²) in [6, 6.07) is 16.5. The van der Waals surface area contributed by atoms with Gasteiger partial charge in [-0.2, -0.15) is 0 Å². The molecule has 1 heterocycles. The maximum atomic E-state index is 13.2. The first-order valence-electron chi connectivity index (χ1n) is 10.5. The van der Waals surface area contributed by atoms with Crippen molar-refractivity contribution in [2.45, 2.75) is 26.1 Å². The van der Waals surface area contributed by atoms with Gasteiger partial charge in [0.2, 0.25) is 0 Å². The van der Waals surface area contributed by atoms with Crippen LogP contribution in [0.4, 0.5) is 5.69 Å². The number of amides is 1. The molecule has 3 aromatic rings. The van der Waals surface area contributed by atoms with E-state index in [1.54, 1.807) is 19.2 Å². The van der Waals surface area contributed by atoms with E-state index in [0.717, 1.165) is 23.2 Å². The van der Waals surface area contributed by atoms with Crippen LogP contribution in [0.5, 0.6) is 11.5 Å². The number of nitrogens with zero attached hydrogens (tertiary/aromatic N) is 1. The quantitative estimate of drug-likeness (QED) is 0.368. The molecule has 1 aliphatic heterocycles. The summed E-state index contributed by atoms with van der Waals surface area (Å²) in [5, 5.41) is 4.59. The third kappa shape index (κ3) is 4.86. The first-order chi connectivity index (χ1) is 15.9. The monoisotopic (exact) mass is 504 g/mol. The number of ether oxygens (including phenoxy) is 2. The van der Waals surface area contributed by atoms with Crippen LogP contribution in [0.2, 0.25) is 15.1 Å². The molecule has 0 aliphatic carbocycles. The van der Waals surface area contributed by atoms with Crippen LogP contribution in [-0.2, 0) is 6.61 Å². The van der Waals surface area contributed by atoms with Crippen molar-refractivity contribution >= 4 is 46.4 Å². The van der Waals surface area contributed by atoms with Gasteiger partial charge in [-0.05, 0) is 48.4 Å². The van der Waals surface area contributed by atoms with Crippen molar-refractivity contribution in [3.63, 3.8) is 0 Å². The second-order valence-corrected chi connectivity index (χ2v) is 8.90. The molecule has 5 nitrogen and oxygen atoms in total. The van der Waals surface area contributed by atoms with Crippen LogP contribution in [0.3, 0.4) is 0 Å². The second-order valence-electron chi connectivity index (χ2n) is 7.65. The van der Waals surface area contributed by atoms with Gasteiger partial charge >= 0.3 is 0 Å². The zero-order valence-corrected chi connectivity index (χ0v) is 20.5. The normalized spacial score (nSPS) is 15.1. The van der Waals surface area contributed by atoms with Gasteiger partial charge in [0.25, 0.3) is 5.91 Å². The summed E-state index contributed by atoms with van der Waals surface area (Å²) in [6.07, 6.45) is 0.519. The number of methoxy groups -OCH3 is 1. The number of anilines is 1. The number of para-hydroxylation sites is 1. The SMILES string of the molecule is CCCN1C(=O)c2ccccc2NC1c1ccc(OC)c(COc2c(Cl)cc(Cl)cc2Cl)c1. The summed E-state index contributed by atoms with van der Waals surface area (Å²) in [7, 11) is 1.60. The lowest BCUT2D eigenvalue weighted by atomic mass is 10.0. The number of hydrogen-bond donors (Lipinski definition) is 1. The minimum atomic E-state index is -0.320. The summed E-state index contributed by atoms with van der Waals surface area (Å²) in [4.78, 5) is 15.1. The van der Waals surface area contributed by atoms with E-state index in [1.165, 1.54) is 0 Å². The minimum Gasteiger partial charge on any atom is -0.496 e. The van der Waals surface area contributed by atoms with Gasteiger partial charge in [0.1, 0.15) is 18.5 Å². The Kier molecular flexibility index (Phi) is 7.23. The van der Waals surface area contributed by atoms with Gasteiger partial charge in [-0.25, -0.2) is 0 Å². The van der Waals surface area contributed by atoms with E-state index < -0.39 is 0 Å². The molecule has 33 heavy (non-hydrogen) atoms. The Balaban J connectivity index is 1.66. The number of benzene rings is 3. The Morgan fingerprint density at radius 3 is 2.45 bits per heavy atom.